The predicted molar refractivity (Wildman–Crippen MR) is 78.1 cm³/mol. The van der Waals surface area contributed by atoms with Crippen molar-refractivity contribution in [2.45, 2.75) is 26.2 Å². The standard InChI is InChI=1S/C17H18O3/c1-2-3-8-13-11-7-12-15(16(13)18)20-17(19)14-9-5-4-6-10-14/h4-7,9-12,18H,2-3,8H2,1H3. The molecule has 1 N–H and O–H groups in total. The Labute approximate surface area is 118 Å². The first-order chi connectivity index (χ1) is 9.72. The highest BCUT2D eigenvalue weighted by molar-refractivity contribution is 5.91. The van der Waals surface area contributed by atoms with E-state index in [-0.39, 0.29) is 11.5 Å². The average Bonchev–Trinajstić information content (AvgIpc) is 2.49. The van der Waals surface area contributed by atoms with Crippen LogP contribution in [-0.2, 0) is 6.42 Å². The zero-order valence-corrected chi connectivity index (χ0v) is 11.5. The van der Waals surface area contributed by atoms with Gasteiger partial charge < -0.3 is 9.84 Å². The lowest BCUT2D eigenvalue weighted by Gasteiger charge is -2.10. The molecule has 3 heteroatoms. The van der Waals surface area contributed by atoms with Crippen LogP contribution in [0.2, 0.25) is 0 Å². The topological polar surface area (TPSA) is 46.5 Å². The number of unbranched alkanes of at least 4 members (excludes halogenated alkanes) is 1. The minimum absolute atomic E-state index is 0.0604. The number of hydrogen-bond donors (Lipinski definition) is 1. The van der Waals surface area contributed by atoms with Crippen molar-refractivity contribution in [2.24, 2.45) is 0 Å². The van der Waals surface area contributed by atoms with Crippen LogP contribution in [0.5, 0.6) is 11.5 Å². The van der Waals surface area contributed by atoms with Crippen LogP contribution in [0.3, 0.4) is 0 Å². The predicted octanol–water partition coefficient (Wildman–Crippen LogP) is 3.95. The second-order valence-electron chi connectivity index (χ2n) is 4.62. The van der Waals surface area contributed by atoms with Gasteiger partial charge in [0, 0.05) is 0 Å². The van der Waals surface area contributed by atoms with Crippen LogP contribution in [0.15, 0.2) is 48.5 Å². The molecule has 0 aliphatic carbocycles. The Kier molecular flexibility index (Phi) is 4.77. The minimum atomic E-state index is -0.464. The molecule has 0 amide bonds. The van der Waals surface area contributed by atoms with Crippen molar-refractivity contribution in [1.29, 1.82) is 0 Å². The second kappa shape index (κ2) is 6.75. The largest absolute Gasteiger partial charge is 0.504 e. The van der Waals surface area contributed by atoms with E-state index in [1.807, 2.05) is 12.1 Å². The number of aryl methyl sites for hydroxylation is 1. The summed E-state index contributed by atoms with van der Waals surface area (Å²) < 4.78 is 5.26. The Morgan fingerprint density at radius 2 is 1.85 bits per heavy atom. The third kappa shape index (κ3) is 3.38. The zero-order valence-electron chi connectivity index (χ0n) is 11.5. The number of esters is 1. The lowest BCUT2D eigenvalue weighted by atomic mass is 10.1. The van der Waals surface area contributed by atoms with Gasteiger partial charge in [0.15, 0.2) is 11.5 Å². The number of hydrogen-bond acceptors (Lipinski definition) is 3. The third-order valence-electron chi connectivity index (χ3n) is 3.09. The van der Waals surface area contributed by atoms with Crippen molar-refractivity contribution in [3.8, 4) is 11.5 Å². The Bertz CT molecular complexity index is 576. The SMILES string of the molecule is CCCCc1cccc(OC(=O)c2ccccc2)c1O. The van der Waals surface area contributed by atoms with Gasteiger partial charge in [-0.1, -0.05) is 43.7 Å². The number of rotatable bonds is 5. The van der Waals surface area contributed by atoms with Crippen LogP contribution in [0.1, 0.15) is 35.7 Å². The highest BCUT2D eigenvalue weighted by Gasteiger charge is 2.13. The smallest absolute Gasteiger partial charge is 0.343 e. The maximum Gasteiger partial charge on any atom is 0.343 e. The van der Waals surface area contributed by atoms with Gasteiger partial charge in [-0.3, -0.25) is 0 Å². The molecular formula is C17H18O3. The van der Waals surface area contributed by atoms with E-state index >= 15 is 0 Å². The molecule has 0 aromatic heterocycles. The molecule has 0 radical (unpaired) electrons. The molecule has 0 saturated heterocycles. The first kappa shape index (κ1) is 14.1. The Balaban J connectivity index is 2.15. The van der Waals surface area contributed by atoms with Gasteiger partial charge in [-0.25, -0.2) is 4.79 Å². The monoisotopic (exact) mass is 270 g/mol. The molecule has 2 rings (SSSR count). The van der Waals surface area contributed by atoms with Crippen molar-refractivity contribution >= 4 is 5.97 Å². The molecular weight excluding hydrogens is 252 g/mol. The van der Waals surface area contributed by atoms with Crippen LogP contribution in [0.4, 0.5) is 0 Å². The average molecular weight is 270 g/mol. The number of aromatic hydroxyl groups is 1. The van der Waals surface area contributed by atoms with Crippen molar-refractivity contribution < 1.29 is 14.6 Å². The zero-order chi connectivity index (χ0) is 14.4. The van der Waals surface area contributed by atoms with Crippen LogP contribution in [-0.4, -0.2) is 11.1 Å². The summed E-state index contributed by atoms with van der Waals surface area (Å²) >= 11 is 0. The van der Waals surface area contributed by atoms with Crippen molar-refractivity contribution in [1.82, 2.24) is 0 Å². The summed E-state index contributed by atoms with van der Waals surface area (Å²) in [7, 11) is 0. The summed E-state index contributed by atoms with van der Waals surface area (Å²) in [5.41, 5.74) is 1.27. The maximum absolute atomic E-state index is 12.0. The number of benzene rings is 2. The molecule has 20 heavy (non-hydrogen) atoms. The molecule has 2 aromatic rings. The summed E-state index contributed by atoms with van der Waals surface area (Å²) in [5, 5.41) is 10.1. The van der Waals surface area contributed by atoms with Crippen molar-refractivity contribution in [2.75, 3.05) is 0 Å². The molecule has 0 atom stereocenters. The molecule has 0 spiro atoms. The van der Waals surface area contributed by atoms with Gasteiger partial charge in [-0.05, 0) is 36.6 Å². The van der Waals surface area contributed by atoms with Gasteiger partial charge in [0.05, 0.1) is 5.56 Å². The minimum Gasteiger partial charge on any atom is -0.504 e. The van der Waals surface area contributed by atoms with E-state index in [4.69, 9.17) is 4.74 Å². The van der Waals surface area contributed by atoms with E-state index in [2.05, 4.69) is 6.92 Å². The number of carbonyl (C=O) groups is 1. The first-order valence-electron chi connectivity index (χ1n) is 6.80. The molecule has 0 saturated carbocycles. The normalized spacial score (nSPS) is 10.2. The highest BCUT2D eigenvalue weighted by atomic mass is 16.5. The van der Waals surface area contributed by atoms with E-state index in [1.54, 1.807) is 36.4 Å². The Hall–Kier alpha value is -2.29. The number of phenolic OH excluding ortho intramolecular Hbond substituents is 1. The maximum atomic E-state index is 12.0. The van der Waals surface area contributed by atoms with E-state index in [0.29, 0.717) is 5.56 Å². The van der Waals surface area contributed by atoms with E-state index in [9.17, 15) is 9.90 Å². The molecule has 2 aromatic carbocycles. The molecule has 0 bridgehead atoms. The van der Waals surface area contributed by atoms with Crippen LogP contribution in [0.25, 0.3) is 0 Å². The van der Waals surface area contributed by atoms with Gasteiger partial charge in [0.25, 0.3) is 0 Å². The van der Waals surface area contributed by atoms with Gasteiger partial charge in [-0.15, -0.1) is 0 Å². The highest BCUT2D eigenvalue weighted by Crippen LogP contribution is 2.31. The summed E-state index contributed by atoms with van der Waals surface area (Å²) in [4.78, 5) is 12.0. The quantitative estimate of drug-likeness (QED) is 0.661. The van der Waals surface area contributed by atoms with Gasteiger partial charge in [-0.2, -0.15) is 0 Å². The molecule has 3 nitrogen and oxygen atoms in total. The van der Waals surface area contributed by atoms with Crippen molar-refractivity contribution in [3.05, 3.63) is 59.7 Å². The second-order valence-corrected chi connectivity index (χ2v) is 4.62. The fourth-order valence-corrected chi connectivity index (χ4v) is 1.95. The fraction of sp³-hybridized carbons (Fsp3) is 0.235. The molecule has 0 aliphatic rings. The number of carbonyl (C=O) groups excluding carboxylic acids is 1. The molecule has 0 unspecified atom stereocenters. The number of para-hydroxylation sites is 1. The van der Waals surface area contributed by atoms with E-state index in [1.165, 1.54) is 0 Å². The molecule has 104 valence electrons. The third-order valence-corrected chi connectivity index (χ3v) is 3.09. The van der Waals surface area contributed by atoms with Gasteiger partial charge >= 0.3 is 5.97 Å². The van der Waals surface area contributed by atoms with Gasteiger partial charge in [0.1, 0.15) is 0 Å². The summed E-state index contributed by atoms with van der Waals surface area (Å²) in [6.45, 7) is 2.09. The van der Waals surface area contributed by atoms with Gasteiger partial charge in [0.2, 0.25) is 0 Å². The Morgan fingerprint density at radius 1 is 1.10 bits per heavy atom. The summed E-state index contributed by atoms with van der Waals surface area (Å²) in [6.07, 6.45) is 2.82. The lowest BCUT2D eigenvalue weighted by Crippen LogP contribution is -2.08. The molecule has 0 fully saturated rings. The van der Waals surface area contributed by atoms with E-state index < -0.39 is 5.97 Å². The number of ether oxygens (including phenoxy) is 1. The number of phenols is 1. The van der Waals surface area contributed by atoms with Crippen LogP contribution < -0.4 is 4.74 Å². The lowest BCUT2D eigenvalue weighted by molar-refractivity contribution is 0.0729. The van der Waals surface area contributed by atoms with E-state index in [0.717, 1.165) is 24.8 Å². The van der Waals surface area contributed by atoms with Crippen LogP contribution in [0, 0.1) is 0 Å². The Morgan fingerprint density at radius 3 is 2.55 bits per heavy atom. The summed E-state index contributed by atoms with van der Waals surface area (Å²) in [6, 6.07) is 14.0. The summed E-state index contributed by atoms with van der Waals surface area (Å²) in [5.74, 6) is -0.189. The van der Waals surface area contributed by atoms with Crippen molar-refractivity contribution in [3.63, 3.8) is 0 Å². The molecule has 0 heterocycles. The molecule has 0 aliphatic heterocycles. The fourth-order valence-electron chi connectivity index (χ4n) is 1.95. The first-order valence-corrected chi connectivity index (χ1v) is 6.80. The van der Waals surface area contributed by atoms with Crippen LogP contribution >= 0.6 is 0 Å².